The number of esters is 3. The minimum absolute atomic E-state index is 0.177. The summed E-state index contributed by atoms with van der Waals surface area (Å²) in [7, 11) is 1.16. The van der Waals surface area contributed by atoms with Gasteiger partial charge in [-0.1, -0.05) is 6.58 Å². The zero-order valence-electron chi connectivity index (χ0n) is 8.57. The smallest absolute Gasteiger partial charge is 0.344 e. The largest absolute Gasteiger partial charge is 0.466 e. The Bertz CT molecular complexity index is 280. The van der Waals surface area contributed by atoms with E-state index in [2.05, 4.69) is 20.8 Å². The highest BCUT2D eigenvalue weighted by molar-refractivity contribution is 5.88. The van der Waals surface area contributed by atoms with Crippen molar-refractivity contribution in [3.05, 3.63) is 12.2 Å². The highest BCUT2D eigenvalue weighted by atomic mass is 16.6. The number of rotatable bonds is 5. The summed E-state index contributed by atoms with van der Waals surface area (Å²) in [5, 5.41) is 0. The van der Waals surface area contributed by atoms with Crippen LogP contribution >= 0.6 is 0 Å². The van der Waals surface area contributed by atoms with Gasteiger partial charge < -0.3 is 14.2 Å². The van der Waals surface area contributed by atoms with Crippen LogP contribution in [0.5, 0.6) is 0 Å². The number of methoxy groups -OCH3 is 1. The van der Waals surface area contributed by atoms with Gasteiger partial charge >= 0.3 is 17.9 Å². The van der Waals surface area contributed by atoms with E-state index in [1.165, 1.54) is 6.92 Å². The Morgan fingerprint density at radius 2 is 1.60 bits per heavy atom. The molecule has 6 nitrogen and oxygen atoms in total. The van der Waals surface area contributed by atoms with Gasteiger partial charge in [0.05, 0.1) is 7.11 Å². The average Bonchev–Trinajstić information content (AvgIpc) is 2.21. The summed E-state index contributed by atoms with van der Waals surface area (Å²) in [5.41, 5.74) is 0.177. The molecule has 84 valence electrons. The number of hydrogen-bond donors (Lipinski definition) is 0. The maximum atomic E-state index is 10.9. The Morgan fingerprint density at radius 1 is 1.07 bits per heavy atom. The molecule has 0 aliphatic rings. The zero-order valence-corrected chi connectivity index (χ0v) is 8.57. The monoisotopic (exact) mass is 216 g/mol. The van der Waals surface area contributed by atoms with Crippen LogP contribution in [0.4, 0.5) is 0 Å². The highest BCUT2D eigenvalue weighted by Gasteiger charge is 2.10. The van der Waals surface area contributed by atoms with Crippen LogP contribution in [0.2, 0.25) is 0 Å². The standard InChI is InChI=1S/C9H12O6/c1-6(2)9(12)15-5-8(11)14-4-7(10)13-3/h1,4-5H2,2-3H3. The predicted octanol–water partition coefficient (Wildman–Crippen LogP) is -0.178. The lowest BCUT2D eigenvalue weighted by atomic mass is 10.4. The average molecular weight is 216 g/mol. The van der Waals surface area contributed by atoms with E-state index < -0.39 is 31.1 Å². The molecule has 0 rings (SSSR count). The van der Waals surface area contributed by atoms with Crippen molar-refractivity contribution in [3.8, 4) is 0 Å². The first kappa shape index (κ1) is 13.2. The Kier molecular flexibility index (Phi) is 5.77. The summed E-state index contributed by atoms with van der Waals surface area (Å²) in [4.78, 5) is 32.2. The van der Waals surface area contributed by atoms with E-state index in [0.29, 0.717) is 0 Å². The normalized spacial score (nSPS) is 8.93. The molecular weight excluding hydrogens is 204 g/mol. The molecule has 0 aliphatic carbocycles. The zero-order chi connectivity index (χ0) is 11.8. The third-order valence-electron chi connectivity index (χ3n) is 1.25. The third-order valence-corrected chi connectivity index (χ3v) is 1.25. The van der Waals surface area contributed by atoms with E-state index in [1.54, 1.807) is 0 Å². The lowest BCUT2D eigenvalue weighted by Gasteiger charge is -2.04. The van der Waals surface area contributed by atoms with Gasteiger partial charge in [-0.05, 0) is 6.92 Å². The molecule has 0 aromatic carbocycles. The molecule has 0 amide bonds. The van der Waals surface area contributed by atoms with E-state index >= 15 is 0 Å². The SMILES string of the molecule is C=C(C)C(=O)OCC(=O)OCC(=O)OC. The number of ether oxygens (including phenoxy) is 3. The van der Waals surface area contributed by atoms with Crippen molar-refractivity contribution in [2.75, 3.05) is 20.3 Å². The molecular formula is C9H12O6. The second-order valence-corrected chi connectivity index (χ2v) is 2.59. The number of carbonyl (C=O) groups excluding carboxylic acids is 3. The van der Waals surface area contributed by atoms with Crippen molar-refractivity contribution in [1.29, 1.82) is 0 Å². The molecule has 0 radical (unpaired) electrons. The van der Waals surface area contributed by atoms with Gasteiger partial charge in [-0.3, -0.25) is 0 Å². The van der Waals surface area contributed by atoms with Crippen molar-refractivity contribution in [1.82, 2.24) is 0 Å². The van der Waals surface area contributed by atoms with Crippen LogP contribution in [0.3, 0.4) is 0 Å². The van der Waals surface area contributed by atoms with Crippen LogP contribution in [-0.4, -0.2) is 38.2 Å². The van der Waals surface area contributed by atoms with Gasteiger partial charge in [0, 0.05) is 5.57 Å². The maximum Gasteiger partial charge on any atom is 0.344 e. The maximum absolute atomic E-state index is 10.9. The topological polar surface area (TPSA) is 78.9 Å². The van der Waals surface area contributed by atoms with Crippen LogP contribution in [0.1, 0.15) is 6.92 Å². The highest BCUT2D eigenvalue weighted by Crippen LogP contribution is 1.92. The Hall–Kier alpha value is -1.85. The molecule has 0 N–H and O–H groups in total. The molecule has 0 atom stereocenters. The molecule has 0 saturated heterocycles. The van der Waals surface area contributed by atoms with Gasteiger partial charge in [0.25, 0.3) is 0 Å². The number of carbonyl (C=O) groups is 3. The summed E-state index contributed by atoms with van der Waals surface area (Å²) in [6.07, 6.45) is 0. The van der Waals surface area contributed by atoms with E-state index in [-0.39, 0.29) is 5.57 Å². The van der Waals surface area contributed by atoms with E-state index in [4.69, 9.17) is 0 Å². The Balaban J connectivity index is 3.71. The van der Waals surface area contributed by atoms with Crippen molar-refractivity contribution >= 4 is 17.9 Å². The minimum atomic E-state index is -0.824. The fourth-order valence-electron chi connectivity index (χ4n) is 0.488. The molecule has 6 heteroatoms. The number of hydrogen-bond acceptors (Lipinski definition) is 6. The first-order chi connectivity index (χ1) is 6.97. The molecule has 0 aromatic heterocycles. The third kappa shape index (κ3) is 6.25. The molecule has 0 spiro atoms. The molecule has 0 fully saturated rings. The van der Waals surface area contributed by atoms with Gasteiger partial charge in [-0.25, -0.2) is 14.4 Å². The van der Waals surface area contributed by atoms with Crippen LogP contribution in [-0.2, 0) is 28.6 Å². The van der Waals surface area contributed by atoms with Gasteiger partial charge in [0.1, 0.15) is 0 Å². The van der Waals surface area contributed by atoms with Crippen molar-refractivity contribution in [2.24, 2.45) is 0 Å². The van der Waals surface area contributed by atoms with Crippen molar-refractivity contribution in [3.63, 3.8) is 0 Å². The summed E-state index contributed by atoms with van der Waals surface area (Å²) >= 11 is 0. The predicted molar refractivity (Wildman–Crippen MR) is 48.7 cm³/mol. The lowest BCUT2D eigenvalue weighted by molar-refractivity contribution is -0.162. The molecule has 0 unspecified atom stereocenters. The lowest BCUT2D eigenvalue weighted by Crippen LogP contribution is -2.20. The first-order valence-electron chi connectivity index (χ1n) is 4.02. The van der Waals surface area contributed by atoms with Crippen LogP contribution in [0, 0.1) is 0 Å². The molecule has 0 saturated carbocycles. The van der Waals surface area contributed by atoms with Gasteiger partial charge in [-0.15, -0.1) is 0 Å². The summed E-state index contributed by atoms with van der Waals surface area (Å²) in [5.74, 6) is -2.20. The molecule has 0 aliphatic heterocycles. The van der Waals surface area contributed by atoms with Gasteiger partial charge in [0.2, 0.25) is 0 Å². The summed E-state index contributed by atoms with van der Waals surface area (Å²) in [6, 6.07) is 0. The second-order valence-electron chi connectivity index (χ2n) is 2.59. The van der Waals surface area contributed by atoms with E-state index in [1.807, 2.05) is 0 Å². The van der Waals surface area contributed by atoms with Crippen LogP contribution in [0.25, 0.3) is 0 Å². The molecule has 0 heterocycles. The summed E-state index contributed by atoms with van der Waals surface area (Å²) in [6.45, 7) is 3.71. The van der Waals surface area contributed by atoms with Gasteiger partial charge in [-0.2, -0.15) is 0 Å². The first-order valence-corrected chi connectivity index (χ1v) is 4.02. The Labute approximate surface area is 86.8 Å². The van der Waals surface area contributed by atoms with Crippen LogP contribution in [0.15, 0.2) is 12.2 Å². The molecule has 0 bridgehead atoms. The molecule has 0 aromatic rings. The minimum Gasteiger partial charge on any atom is -0.466 e. The fraction of sp³-hybridized carbons (Fsp3) is 0.444. The van der Waals surface area contributed by atoms with Crippen molar-refractivity contribution in [2.45, 2.75) is 6.92 Å². The van der Waals surface area contributed by atoms with Gasteiger partial charge in [0.15, 0.2) is 13.2 Å². The summed E-state index contributed by atoms with van der Waals surface area (Å²) < 4.78 is 13.1. The second kappa shape index (κ2) is 6.58. The van der Waals surface area contributed by atoms with Crippen molar-refractivity contribution < 1.29 is 28.6 Å². The van der Waals surface area contributed by atoms with E-state index in [0.717, 1.165) is 7.11 Å². The van der Waals surface area contributed by atoms with Crippen LogP contribution < -0.4 is 0 Å². The molecule has 15 heavy (non-hydrogen) atoms. The van der Waals surface area contributed by atoms with E-state index in [9.17, 15) is 14.4 Å². The fourth-order valence-corrected chi connectivity index (χ4v) is 0.488. The quantitative estimate of drug-likeness (QED) is 0.360. The Morgan fingerprint density at radius 3 is 2.07 bits per heavy atom.